The highest BCUT2D eigenvalue weighted by Gasteiger charge is 2.53. The number of carbonyl (C=O) groups excluding carboxylic acids is 2. The Bertz CT molecular complexity index is 2190. The van der Waals surface area contributed by atoms with E-state index < -0.39 is 24.9 Å². The molecular weight excluding hydrogens is 742 g/mol. The topological polar surface area (TPSA) is 165 Å². The molecule has 5 aromatic rings. The van der Waals surface area contributed by atoms with Crippen molar-refractivity contribution in [3.8, 4) is 34.5 Å². The number of fused-ring (bicyclic) bond motifs is 6. The molecule has 0 bridgehead atoms. The third-order valence-corrected chi connectivity index (χ3v) is 11.4. The van der Waals surface area contributed by atoms with Gasteiger partial charge in [-0.05, 0) is 92.6 Å². The molecule has 12 nitrogen and oxygen atoms in total. The van der Waals surface area contributed by atoms with E-state index in [1.54, 1.807) is 85.8 Å². The first kappa shape index (κ1) is 37.3. The van der Waals surface area contributed by atoms with Crippen LogP contribution in [0.1, 0.15) is 59.7 Å². The maximum absolute atomic E-state index is 13.9. The summed E-state index contributed by atoms with van der Waals surface area (Å²) in [7, 11) is -3.85. The van der Waals surface area contributed by atoms with E-state index >= 15 is 0 Å². The average molecular weight is 780 g/mol. The van der Waals surface area contributed by atoms with Gasteiger partial charge in [-0.25, -0.2) is 9.36 Å². The highest BCUT2D eigenvalue weighted by atomic mass is 32.1. The van der Waals surface area contributed by atoms with Gasteiger partial charge in [-0.3, -0.25) is 4.79 Å². The quantitative estimate of drug-likeness (QED) is 0.0337. The molecule has 7 rings (SSSR count). The smallest absolute Gasteiger partial charge is 0.452 e. The predicted octanol–water partition coefficient (Wildman–Crippen LogP) is 8.33. The molecule has 2 heterocycles. The minimum absolute atomic E-state index is 0.0220. The van der Waals surface area contributed by atoms with Crippen molar-refractivity contribution in [2.24, 2.45) is 0 Å². The molecule has 5 N–H and O–H groups in total. The first-order valence-electron chi connectivity index (χ1n) is 17.7. The Morgan fingerprint density at radius 1 is 0.800 bits per heavy atom. The van der Waals surface area contributed by atoms with Gasteiger partial charge in [0.25, 0.3) is 0 Å². The van der Waals surface area contributed by atoms with Crippen LogP contribution >= 0.6 is 19.8 Å². The fourth-order valence-electron chi connectivity index (χ4n) is 6.57. The molecule has 14 heteroatoms. The van der Waals surface area contributed by atoms with Crippen LogP contribution in [0.25, 0.3) is 0 Å². The maximum atomic E-state index is 13.9. The average Bonchev–Trinajstić information content (AvgIpc) is 3.44. The van der Waals surface area contributed by atoms with Crippen molar-refractivity contribution < 1.29 is 42.9 Å². The number of hydrogen-bond donors (Lipinski definition) is 5. The molecule has 0 fully saturated rings. The summed E-state index contributed by atoms with van der Waals surface area (Å²) < 4.78 is 37.7. The van der Waals surface area contributed by atoms with Crippen molar-refractivity contribution in [1.82, 2.24) is 10.6 Å². The second-order valence-corrected chi connectivity index (χ2v) is 15.7. The van der Waals surface area contributed by atoms with Crippen molar-refractivity contribution in [3.05, 3.63) is 138 Å². The fraction of sp³-hybridized carbons (Fsp3) is 0.195. The van der Waals surface area contributed by atoms with Crippen LogP contribution in [-0.2, 0) is 19.7 Å². The van der Waals surface area contributed by atoms with Gasteiger partial charge in [0.2, 0.25) is 5.91 Å². The zero-order chi connectivity index (χ0) is 38.6. The first-order valence-corrected chi connectivity index (χ1v) is 19.7. The molecule has 0 aliphatic carbocycles. The van der Waals surface area contributed by atoms with E-state index in [4.69, 9.17) is 30.7 Å². The third-order valence-electron chi connectivity index (χ3n) is 9.19. The largest absolute Gasteiger partial charge is 0.508 e. The van der Waals surface area contributed by atoms with Gasteiger partial charge in [0, 0.05) is 47.5 Å². The summed E-state index contributed by atoms with van der Waals surface area (Å²) in [5.41, 5.74) is 1.20. The maximum Gasteiger partial charge on any atom is 0.452 e. The van der Waals surface area contributed by atoms with Crippen LogP contribution in [0.3, 0.4) is 0 Å². The van der Waals surface area contributed by atoms with Crippen LogP contribution in [0.4, 0.5) is 5.69 Å². The molecule has 0 aromatic heterocycles. The number of unbranched alkanes of at least 4 members (excludes halogenated alkanes) is 2. The molecular formula is C41H38N3O9PS. The molecule has 5 aromatic carbocycles. The minimum Gasteiger partial charge on any atom is -0.508 e. The summed E-state index contributed by atoms with van der Waals surface area (Å²) in [6.07, 6.45) is 2.27. The Morgan fingerprint density at radius 2 is 1.38 bits per heavy atom. The lowest BCUT2D eigenvalue weighted by molar-refractivity contribution is -0.121. The number of rotatable bonds is 13. The lowest BCUT2D eigenvalue weighted by Crippen LogP contribution is -2.35. The van der Waals surface area contributed by atoms with Crippen LogP contribution in [0, 0.1) is 0 Å². The van der Waals surface area contributed by atoms with E-state index in [-0.39, 0.29) is 23.8 Å². The minimum atomic E-state index is -3.85. The van der Waals surface area contributed by atoms with Crippen molar-refractivity contribution in [1.29, 1.82) is 0 Å². The number of thiocarbonyl (C=S) groups is 1. The van der Waals surface area contributed by atoms with Crippen LogP contribution in [-0.4, -0.2) is 39.5 Å². The van der Waals surface area contributed by atoms with Crippen molar-refractivity contribution in [2.75, 3.05) is 11.9 Å². The molecule has 55 heavy (non-hydrogen) atoms. The summed E-state index contributed by atoms with van der Waals surface area (Å²) in [6, 6.07) is 31.8. The van der Waals surface area contributed by atoms with Gasteiger partial charge in [-0.2, -0.15) is 0 Å². The summed E-state index contributed by atoms with van der Waals surface area (Å²) in [6.45, 7) is 2.14. The molecule has 2 aliphatic rings. The van der Waals surface area contributed by atoms with Crippen molar-refractivity contribution in [3.63, 3.8) is 0 Å². The van der Waals surface area contributed by atoms with Crippen LogP contribution in [0.15, 0.2) is 115 Å². The molecule has 1 unspecified atom stereocenters. The number of anilines is 1. The number of phenols is 2. The molecule has 1 atom stereocenters. The summed E-state index contributed by atoms with van der Waals surface area (Å²) in [5, 5.41) is 29.7. The first-order chi connectivity index (χ1) is 26.5. The Balaban J connectivity index is 0.909. The number of phenolic OH excluding ortho intramolecular Hbond substituents is 2. The molecule has 2 aliphatic heterocycles. The van der Waals surface area contributed by atoms with Gasteiger partial charge >= 0.3 is 13.6 Å². The van der Waals surface area contributed by atoms with E-state index in [9.17, 15) is 24.4 Å². The monoisotopic (exact) mass is 779 g/mol. The molecule has 1 amide bonds. The number of carbonyl (C=O) groups is 2. The highest BCUT2D eigenvalue weighted by Crippen LogP contribution is 2.57. The van der Waals surface area contributed by atoms with Gasteiger partial charge in [-0.1, -0.05) is 48.9 Å². The molecule has 282 valence electrons. The lowest BCUT2D eigenvalue weighted by atomic mass is 9.77. The summed E-state index contributed by atoms with van der Waals surface area (Å²) in [5.74, 6) is -0.442. The second-order valence-electron chi connectivity index (χ2n) is 13.1. The molecule has 0 radical (unpaired) electrons. The zero-order valence-corrected chi connectivity index (χ0v) is 31.4. The number of benzene rings is 5. The van der Waals surface area contributed by atoms with Crippen LogP contribution < -0.4 is 29.7 Å². The third kappa shape index (κ3) is 7.94. The van der Waals surface area contributed by atoms with Crippen LogP contribution in [0.2, 0.25) is 0 Å². The number of aromatic hydroxyl groups is 2. The van der Waals surface area contributed by atoms with Crippen LogP contribution in [0.5, 0.6) is 34.5 Å². The predicted molar refractivity (Wildman–Crippen MR) is 210 cm³/mol. The van der Waals surface area contributed by atoms with Gasteiger partial charge in [-0.15, -0.1) is 0 Å². The number of nitrogens with one attached hydrogen (secondary N) is 3. The number of amides is 1. The number of para-hydroxylation sites is 2. The van der Waals surface area contributed by atoms with E-state index in [0.717, 1.165) is 12.8 Å². The van der Waals surface area contributed by atoms with E-state index in [0.29, 0.717) is 69.0 Å². The van der Waals surface area contributed by atoms with Gasteiger partial charge in [0.15, 0.2) is 16.5 Å². The summed E-state index contributed by atoms with van der Waals surface area (Å²) in [4.78, 5) is 26.3. The number of ether oxygens (including phenoxy) is 2. The summed E-state index contributed by atoms with van der Waals surface area (Å²) >= 11 is 5.52. The Labute approximate surface area is 322 Å². The molecule has 0 saturated heterocycles. The van der Waals surface area contributed by atoms with Gasteiger partial charge in [0.05, 0.1) is 5.56 Å². The van der Waals surface area contributed by atoms with Crippen molar-refractivity contribution >= 4 is 42.5 Å². The Morgan fingerprint density at radius 3 is 1.98 bits per heavy atom. The number of hydrogen-bond acceptors (Lipinski definition) is 10. The Hall–Kier alpha value is -6.04. The highest BCUT2D eigenvalue weighted by molar-refractivity contribution is 7.80. The van der Waals surface area contributed by atoms with E-state index in [2.05, 4.69) is 16.0 Å². The molecule has 1 spiro atoms. The van der Waals surface area contributed by atoms with Crippen molar-refractivity contribution in [2.45, 2.75) is 44.0 Å². The zero-order valence-electron chi connectivity index (χ0n) is 29.7. The SMILES string of the molecule is CC(NC(=O)CCCCCNC(=S)Nc1ccc2c(c1)C(=O)OC21c2ccc(O)cc2Oc2cc(O)ccc21)P(=O)(Oc1ccccc1)Oc1ccccc1. The van der Waals surface area contributed by atoms with Gasteiger partial charge in [0.1, 0.15) is 34.5 Å². The van der Waals surface area contributed by atoms with E-state index in [1.807, 2.05) is 12.1 Å². The molecule has 0 saturated carbocycles. The standard InChI is InChI=1S/C41H38N3O9PS/c1-26(54(49,52-30-11-5-2-6-12-30)53-31-13-7-3-8-14-31)43-38(47)15-9-4-10-22-42-40(55)44-27-16-19-33-32(23-27)39(48)51-41(33)34-20-17-28(45)24-36(34)50-37-25-29(46)18-21-35(37)41/h2-3,5-8,11-14,16-21,23-26,45-46H,4,9-10,15,22H2,1H3,(H,43,47)(H2,42,44,55). The normalized spacial score (nSPS) is 13.9. The number of esters is 1. The Kier molecular flexibility index (Phi) is 10.7. The lowest BCUT2D eigenvalue weighted by Gasteiger charge is -2.36. The second kappa shape index (κ2) is 15.7. The van der Waals surface area contributed by atoms with E-state index in [1.165, 1.54) is 24.3 Å². The fourth-order valence-corrected chi connectivity index (χ4v) is 8.27. The van der Waals surface area contributed by atoms with Gasteiger partial charge < -0.3 is 44.7 Å².